The molecule has 4 aromatic carbocycles. The van der Waals surface area contributed by atoms with Gasteiger partial charge in [-0.3, -0.25) is 14.5 Å². The van der Waals surface area contributed by atoms with Crippen LogP contribution in [0.1, 0.15) is 63.3 Å². The Kier molecular flexibility index (Phi) is 11.4. The molecular formula is C45H50N8O8. The summed E-state index contributed by atoms with van der Waals surface area (Å²) in [6.45, 7) is 4.13. The number of likely N-dealkylation sites (N-methyl/N-ethyl adjacent to an activating group) is 1. The average Bonchev–Trinajstić information content (AvgIpc) is 4.09. The molecule has 6 aromatic rings. The zero-order chi connectivity index (χ0) is 43.1. The molecule has 16 heteroatoms. The molecule has 61 heavy (non-hydrogen) atoms. The van der Waals surface area contributed by atoms with Crippen LogP contribution in [0, 0.1) is 0 Å². The number of hydrogen-bond acceptors (Lipinski definition) is 9. The van der Waals surface area contributed by atoms with Crippen LogP contribution in [-0.2, 0) is 19.1 Å². The maximum atomic E-state index is 13.7. The number of aromatic amines is 2. The second-order valence-corrected chi connectivity index (χ2v) is 16.0. The standard InChI is InChI=1S/C45H50N8O8/c1-24(54)39(51(3)45(59)61-5)43(56)53-19-7-9-37(53)41-47-33-17-15-31(23-35(33)49-41)29-13-11-26-20-28(12-10-27(26)21-29)30-14-16-32-34(22-30)48-40(46-32)36-8-6-18-52(36)42(55)38(25(2)60-4)50-44(57)58/h10-17,20-25,36-39,50,54H,6-9,18-19H2,1-5H3,(H,46,48)(H,47,49)(H,57,58)/t24-,25-,36+,37+,38+,39+/m1/s1. The summed E-state index contributed by atoms with van der Waals surface area (Å²) in [6.07, 6.45) is -0.794. The van der Waals surface area contributed by atoms with Crippen LogP contribution >= 0.6 is 0 Å². The summed E-state index contributed by atoms with van der Waals surface area (Å²) < 4.78 is 10.1. The highest BCUT2D eigenvalue weighted by Crippen LogP contribution is 2.36. The summed E-state index contributed by atoms with van der Waals surface area (Å²) in [4.78, 5) is 72.2. The predicted octanol–water partition coefficient (Wildman–Crippen LogP) is 6.37. The van der Waals surface area contributed by atoms with Gasteiger partial charge in [-0.2, -0.15) is 0 Å². The first-order valence-electron chi connectivity index (χ1n) is 20.5. The second-order valence-electron chi connectivity index (χ2n) is 16.0. The van der Waals surface area contributed by atoms with E-state index < -0.39 is 36.5 Å². The van der Waals surface area contributed by atoms with E-state index in [2.05, 4.69) is 51.7 Å². The minimum absolute atomic E-state index is 0.318. The fourth-order valence-electron chi connectivity index (χ4n) is 8.91. The number of aliphatic hydroxyl groups is 1. The van der Waals surface area contributed by atoms with E-state index in [1.807, 2.05) is 36.4 Å². The number of carboxylic acid groups (broad SMARTS) is 1. The highest BCUT2D eigenvalue weighted by Gasteiger charge is 2.41. The molecule has 2 fully saturated rings. The quantitative estimate of drug-likeness (QED) is 0.0975. The van der Waals surface area contributed by atoms with Crippen LogP contribution in [0.15, 0.2) is 72.8 Å². The van der Waals surface area contributed by atoms with Gasteiger partial charge in [-0.25, -0.2) is 19.6 Å². The van der Waals surface area contributed by atoms with Gasteiger partial charge in [0.05, 0.1) is 53.5 Å². The van der Waals surface area contributed by atoms with Crippen molar-refractivity contribution in [3.05, 3.63) is 84.4 Å². The van der Waals surface area contributed by atoms with Gasteiger partial charge in [-0.15, -0.1) is 0 Å². The Bertz CT molecular complexity index is 2640. The minimum Gasteiger partial charge on any atom is -0.465 e. The monoisotopic (exact) mass is 830 g/mol. The molecule has 318 valence electrons. The van der Waals surface area contributed by atoms with Crippen molar-refractivity contribution in [2.45, 2.75) is 75.9 Å². The first-order valence-corrected chi connectivity index (χ1v) is 20.5. The van der Waals surface area contributed by atoms with E-state index in [1.165, 1.54) is 28.2 Å². The molecule has 5 N–H and O–H groups in total. The topological polar surface area (TPSA) is 206 Å². The Hall–Kier alpha value is -6.52. The van der Waals surface area contributed by atoms with Crippen LogP contribution in [0.5, 0.6) is 0 Å². The van der Waals surface area contributed by atoms with E-state index in [9.17, 15) is 29.4 Å². The fraction of sp³-hybridized carbons (Fsp3) is 0.378. The predicted molar refractivity (Wildman–Crippen MR) is 229 cm³/mol. The molecule has 16 nitrogen and oxygen atoms in total. The molecule has 2 aliphatic heterocycles. The van der Waals surface area contributed by atoms with E-state index in [0.29, 0.717) is 37.6 Å². The molecule has 6 atom stereocenters. The Morgan fingerprint density at radius 1 is 0.754 bits per heavy atom. The summed E-state index contributed by atoms with van der Waals surface area (Å²) in [7, 11) is 4.14. The Morgan fingerprint density at radius 2 is 1.23 bits per heavy atom. The summed E-state index contributed by atoms with van der Waals surface area (Å²) >= 11 is 0. The van der Waals surface area contributed by atoms with Crippen LogP contribution in [0.25, 0.3) is 55.1 Å². The zero-order valence-corrected chi connectivity index (χ0v) is 34.7. The van der Waals surface area contributed by atoms with Crippen LogP contribution < -0.4 is 5.32 Å². The number of hydrogen-bond donors (Lipinski definition) is 5. The van der Waals surface area contributed by atoms with Gasteiger partial charge in [-0.1, -0.05) is 36.4 Å². The lowest BCUT2D eigenvalue weighted by atomic mass is 9.97. The molecule has 4 heterocycles. The number of ether oxygens (including phenoxy) is 2. The van der Waals surface area contributed by atoms with Crippen molar-refractivity contribution in [2.75, 3.05) is 34.4 Å². The Labute approximate surface area is 351 Å². The van der Waals surface area contributed by atoms with Crippen LogP contribution in [0.4, 0.5) is 9.59 Å². The van der Waals surface area contributed by atoms with E-state index in [0.717, 1.165) is 72.8 Å². The third-order valence-electron chi connectivity index (χ3n) is 12.2. The molecule has 0 aliphatic carbocycles. The summed E-state index contributed by atoms with van der Waals surface area (Å²) in [6, 6.07) is 22.1. The van der Waals surface area contributed by atoms with Crippen molar-refractivity contribution >= 4 is 56.8 Å². The Balaban J connectivity index is 0.998. The van der Waals surface area contributed by atoms with E-state index in [-0.39, 0.29) is 23.9 Å². The molecule has 0 saturated carbocycles. The number of benzene rings is 4. The fourth-order valence-corrected chi connectivity index (χ4v) is 8.91. The van der Waals surface area contributed by atoms with Gasteiger partial charge < -0.3 is 44.8 Å². The van der Waals surface area contributed by atoms with Gasteiger partial charge >= 0.3 is 12.2 Å². The van der Waals surface area contributed by atoms with Gasteiger partial charge in [0.1, 0.15) is 23.7 Å². The molecular weight excluding hydrogens is 781 g/mol. The number of methoxy groups -OCH3 is 2. The van der Waals surface area contributed by atoms with Gasteiger partial charge in [0.25, 0.3) is 0 Å². The SMILES string of the molecule is COC(=O)N(C)[C@H](C(=O)N1CCC[C@H]1c1nc2cc(-c3ccc4cc(-c5ccc6[nH]c([C@@H]7CCCN7C(=O)[C@@H](NC(=O)O)[C@@H](C)OC)nc6c5)ccc4c3)ccc2[nH]1)[C@@H](C)O. The summed E-state index contributed by atoms with van der Waals surface area (Å²) in [5.74, 6) is 0.622. The minimum atomic E-state index is -1.28. The third-order valence-corrected chi connectivity index (χ3v) is 12.2. The lowest BCUT2D eigenvalue weighted by molar-refractivity contribution is -0.140. The van der Waals surface area contributed by atoms with E-state index in [1.54, 1.807) is 16.7 Å². The number of rotatable bonds is 11. The lowest BCUT2D eigenvalue weighted by Gasteiger charge is -2.33. The van der Waals surface area contributed by atoms with Crippen molar-refractivity contribution in [1.82, 2.24) is 40.0 Å². The van der Waals surface area contributed by atoms with Gasteiger partial charge in [0.2, 0.25) is 11.8 Å². The number of likely N-dealkylation sites (tertiary alicyclic amines) is 2. The number of carbonyl (C=O) groups is 4. The summed E-state index contributed by atoms with van der Waals surface area (Å²) in [5, 5.41) is 24.3. The molecule has 0 unspecified atom stereocenters. The number of nitrogens with one attached hydrogen (secondary N) is 3. The maximum Gasteiger partial charge on any atom is 0.409 e. The molecule has 0 spiro atoms. The van der Waals surface area contributed by atoms with Crippen molar-refractivity contribution in [2.24, 2.45) is 0 Å². The van der Waals surface area contributed by atoms with Crippen molar-refractivity contribution < 1.29 is 38.9 Å². The molecule has 0 radical (unpaired) electrons. The summed E-state index contributed by atoms with van der Waals surface area (Å²) in [5.41, 5.74) is 7.28. The number of amides is 4. The van der Waals surface area contributed by atoms with Crippen molar-refractivity contribution in [3.63, 3.8) is 0 Å². The third kappa shape index (κ3) is 7.95. The number of aromatic nitrogens is 4. The van der Waals surface area contributed by atoms with Crippen molar-refractivity contribution in [1.29, 1.82) is 0 Å². The van der Waals surface area contributed by atoms with Crippen LogP contribution in [-0.4, -0.2) is 127 Å². The average molecular weight is 831 g/mol. The molecule has 8 rings (SSSR count). The first kappa shape index (κ1) is 41.2. The maximum absolute atomic E-state index is 13.7. The Morgan fingerprint density at radius 3 is 1.69 bits per heavy atom. The lowest BCUT2D eigenvalue weighted by Crippen LogP contribution is -2.54. The number of carbonyl (C=O) groups excluding carboxylic acids is 3. The second kappa shape index (κ2) is 16.9. The number of fused-ring (bicyclic) bond motifs is 3. The highest BCUT2D eigenvalue weighted by molar-refractivity contribution is 5.93. The molecule has 4 amide bonds. The van der Waals surface area contributed by atoms with Crippen molar-refractivity contribution in [3.8, 4) is 22.3 Å². The molecule has 2 aromatic heterocycles. The highest BCUT2D eigenvalue weighted by atomic mass is 16.5. The van der Waals surface area contributed by atoms with E-state index in [4.69, 9.17) is 19.4 Å². The van der Waals surface area contributed by atoms with Gasteiger partial charge in [0, 0.05) is 27.2 Å². The largest absolute Gasteiger partial charge is 0.465 e. The number of aliphatic hydroxyl groups excluding tert-OH is 1. The smallest absolute Gasteiger partial charge is 0.409 e. The number of nitrogens with zero attached hydrogens (tertiary/aromatic N) is 5. The number of H-pyrrole nitrogens is 2. The number of imidazole rings is 2. The molecule has 0 bridgehead atoms. The molecule has 2 saturated heterocycles. The van der Waals surface area contributed by atoms with Gasteiger partial charge in [-0.05, 0) is 109 Å². The normalized spacial score (nSPS) is 18.7. The van der Waals surface area contributed by atoms with E-state index >= 15 is 0 Å². The van der Waals surface area contributed by atoms with Crippen LogP contribution in [0.2, 0.25) is 0 Å². The van der Waals surface area contributed by atoms with Gasteiger partial charge in [0.15, 0.2) is 0 Å². The first-order chi connectivity index (χ1) is 29.3. The van der Waals surface area contributed by atoms with Crippen LogP contribution in [0.3, 0.4) is 0 Å². The zero-order valence-electron chi connectivity index (χ0n) is 34.7. The molecule has 2 aliphatic rings.